The zero-order valence-electron chi connectivity index (χ0n) is 17.3. The molecule has 0 aliphatic heterocycles. The average Bonchev–Trinajstić information content (AvgIpc) is 3.28. The second-order valence-electron chi connectivity index (χ2n) is 7.31. The van der Waals surface area contributed by atoms with Gasteiger partial charge in [-0.25, -0.2) is 0 Å². The first-order valence-electron chi connectivity index (χ1n) is 9.87. The summed E-state index contributed by atoms with van der Waals surface area (Å²) in [4.78, 5) is 17.6. The lowest BCUT2D eigenvalue weighted by Crippen LogP contribution is -2.35. The van der Waals surface area contributed by atoms with Crippen molar-refractivity contribution in [3.63, 3.8) is 0 Å². The smallest absolute Gasteiger partial charge is 0.253 e. The molecule has 7 heteroatoms. The number of pyridine rings is 1. The van der Waals surface area contributed by atoms with Crippen molar-refractivity contribution in [3.8, 4) is 5.75 Å². The van der Waals surface area contributed by atoms with Gasteiger partial charge in [0.05, 0.1) is 32.0 Å². The number of aromatic amines is 1. The average molecular weight is 434 g/mol. The number of benzene rings is 2. The van der Waals surface area contributed by atoms with Crippen LogP contribution in [-0.4, -0.2) is 22.1 Å². The van der Waals surface area contributed by atoms with Crippen LogP contribution in [0, 0.1) is 6.92 Å². The monoisotopic (exact) mass is 433 g/mol. The van der Waals surface area contributed by atoms with Gasteiger partial charge in [0.25, 0.3) is 5.56 Å². The molecule has 2 heterocycles. The van der Waals surface area contributed by atoms with E-state index < -0.39 is 0 Å². The summed E-state index contributed by atoms with van der Waals surface area (Å²) < 4.78 is 10.8. The Hall–Kier alpha value is -3.58. The highest BCUT2D eigenvalue weighted by Gasteiger charge is 2.16. The molecule has 0 saturated heterocycles. The summed E-state index contributed by atoms with van der Waals surface area (Å²) in [6, 6.07) is 19.2. The number of anilines is 1. The number of rotatable bonds is 6. The van der Waals surface area contributed by atoms with E-state index in [2.05, 4.69) is 10.3 Å². The van der Waals surface area contributed by atoms with Crippen molar-refractivity contribution in [1.82, 2.24) is 9.88 Å². The number of aryl methyl sites for hydroxylation is 1. The van der Waals surface area contributed by atoms with Crippen molar-refractivity contribution in [2.45, 2.75) is 20.0 Å². The maximum absolute atomic E-state index is 12.8. The number of thiocarbonyl (C=S) groups is 1. The van der Waals surface area contributed by atoms with Crippen molar-refractivity contribution in [2.75, 3.05) is 12.4 Å². The molecule has 2 N–H and O–H groups in total. The van der Waals surface area contributed by atoms with Crippen LogP contribution in [0.15, 0.2) is 76.1 Å². The van der Waals surface area contributed by atoms with Gasteiger partial charge in [-0.05, 0) is 67.0 Å². The Kier molecular flexibility index (Phi) is 6.04. The van der Waals surface area contributed by atoms with Gasteiger partial charge in [-0.3, -0.25) is 4.79 Å². The zero-order valence-corrected chi connectivity index (χ0v) is 18.2. The second kappa shape index (κ2) is 9.06. The van der Waals surface area contributed by atoms with Crippen LogP contribution in [-0.2, 0) is 13.1 Å². The second-order valence-corrected chi connectivity index (χ2v) is 7.70. The van der Waals surface area contributed by atoms with Gasteiger partial charge < -0.3 is 24.4 Å². The first kappa shape index (κ1) is 20.7. The zero-order chi connectivity index (χ0) is 21.8. The molecule has 0 bridgehead atoms. The number of fused-ring (bicyclic) bond motifs is 1. The molecular weight excluding hydrogens is 410 g/mol. The molecule has 158 valence electrons. The van der Waals surface area contributed by atoms with Crippen molar-refractivity contribution >= 4 is 33.9 Å². The Morgan fingerprint density at radius 2 is 1.94 bits per heavy atom. The van der Waals surface area contributed by atoms with Gasteiger partial charge in [0, 0.05) is 17.3 Å². The van der Waals surface area contributed by atoms with Gasteiger partial charge in [-0.15, -0.1) is 0 Å². The van der Waals surface area contributed by atoms with Gasteiger partial charge in [0.2, 0.25) is 0 Å². The number of H-pyrrole nitrogens is 1. The third-order valence-electron chi connectivity index (χ3n) is 5.01. The van der Waals surface area contributed by atoms with E-state index in [4.69, 9.17) is 21.4 Å². The molecule has 4 rings (SSSR count). The van der Waals surface area contributed by atoms with Gasteiger partial charge in [0.1, 0.15) is 11.5 Å². The Morgan fingerprint density at radius 3 is 2.65 bits per heavy atom. The van der Waals surface area contributed by atoms with E-state index in [0.29, 0.717) is 29.5 Å². The highest BCUT2D eigenvalue weighted by molar-refractivity contribution is 7.80. The van der Waals surface area contributed by atoms with Crippen LogP contribution >= 0.6 is 12.2 Å². The van der Waals surface area contributed by atoms with Crippen LogP contribution in [0.2, 0.25) is 0 Å². The minimum atomic E-state index is -0.164. The molecule has 0 amide bonds. The summed E-state index contributed by atoms with van der Waals surface area (Å²) in [5.41, 5.74) is 3.23. The van der Waals surface area contributed by atoms with Gasteiger partial charge in [-0.1, -0.05) is 17.7 Å². The van der Waals surface area contributed by atoms with Crippen LogP contribution in [0.4, 0.5) is 5.69 Å². The number of methoxy groups -OCH3 is 1. The summed E-state index contributed by atoms with van der Waals surface area (Å²) in [7, 11) is 1.60. The molecule has 0 aliphatic rings. The lowest BCUT2D eigenvalue weighted by Gasteiger charge is -2.25. The maximum Gasteiger partial charge on any atom is 0.253 e. The lowest BCUT2D eigenvalue weighted by atomic mass is 10.1. The number of ether oxygens (including phenoxy) is 1. The van der Waals surface area contributed by atoms with Crippen molar-refractivity contribution in [1.29, 1.82) is 0 Å². The minimum absolute atomic E-state index is 0.164. The molecule has 0 aliphatic carbocycles. The Balaban J connectivity index is 1.62. The van der Waals surface area contributed by atoms with Crippen molar-refractivity contribution < 1.29 is 9.15 Å². The van der Waals surface area contributed by atoms with Crippen LogP contribution in [0.25, 0.3) is 10.9 Å². The highest BCUT2D eigenvalue weighted by Crippen LogP contribution is 2.20. The molecule has 31 heavy (non-hydrogen) atoms. The Morgan fingerprint density at radius 1 is 1.13 bits per heavy atom. The number of hydrogen-bond acceptors (Lipinski definition) is 4. The molecule has 0 spiro atoms. The predicted molar refractivity (Wildman–Crippen MR) is 126 cm³/mol. The van der Waals surface area contributed by atoms with Gasteiger partial charge in [-0.2, -0.15) is 0 Å². The first-order valence-corrected chi connectivity index (χ1v) is 10.3. The Bertz CT molecular complexity index is 1250. The molecule has 0 radical (unpaired) electrons. The molecule has 2 aromatic carbocycles. The molecule has 0 unspecified atom stereocenters. The standard InChI is InChI=1S/C24H23N3O3S/c1-16-5-8-19(9-6-16)25-24(31)27(15-21-4-3-11-30-21)14-18-12-17-7-10-20(29-2)13-22(17)26-23(18)28/h3-13H,14-15H2,1-2H3,(H,25,31)(H,26,28). The topological polar surface area (TPSA) is 70.5 Å². The fraction of sp³-hybridized carbons (Fsp3) is 0.167. The van der Waals surface area contributed by atoms with E-state index in [-0.39, 0.29) is 5.56 Å². The number of aromatic nitrogens is 1. The largest absolute Gasteiger partial charge is 0.497 e. The van der Waals surface area contributed by atoms with Crippen LogP contribution in [0.5, 0.6) is 5.75 Å². The third kappa shape index (κ3) is 4.95. The normalized spacial score (nSPS) is 10.8. The molecule has 2 aromatic heterocycles. The summed E-state index contributed by atoms with van der Waals surface area (Å²) in [5.74, 6) is 1.45. The molecule has 6 nitrogen and oxygen atoms in total. The maximum atomic E-state index is 12.8. The van der Waals surface area contributed by atoms with Crippen molar-refractivity contribution in [3.05, 3.63) is 94.2 Å². The van der Waals surface area contributed by atoms with Crippen molar-refractivity contribution in [2.24, 2.45) is 0 Å². The molecular formula is C24H23N3O3S. The van der Waals surface area contributed by atoms with Crippen LogP contribution in [0.1, 0.15) is 16.9 Å². The minimum Gasteiger partial charge on any atom is -0.497 e. The first-order chi connectivity index (χ1) is 15.0. The van der Waals surface area contributed by atoms with Crippen LogP contribution in [0.3, 0.4) is 0 Å². The highest BCUT2D eigenvalue weighted by atomic mass is 32.1. The van der Waals surface area contributed by atoms with E-state index in [1.165, 1.54) is 5.56 Å². The van der Waals surface area contributed by atoms with E-state index >= 15 is 0 Å². The summed E-state index contributed by atoms with van der Waals surface area (Å²) in [6.07, 6.45) is 1.63. The number of furan rings is 1. The lowest BCUT2D eigenvalue weighted by molar-refractivity contribution is 0.359. The number of nitrogens with zero attached hydrogens (tertiary/aromatic N) is 1. The number of nitrogens with one attached hydrogen (secondary N) is 2. The van der Waals surface area contributed by atoms with Gasteiger partial charge >= 0.3 is 0 Å². The fourth-order valence-corrected chi connectivity index (χ4v) is 3.55. The van der Waals surface area contributed by atoms with E-state index in [9.17, 15) is 4.79 Å². The summed E-state index contributed by atoms with van der Waals surface area (Å²) >= 11 is 5.68. The molecule has 4 aromatic rings. The SMILES string of the molecule is COc1ccc2cc(CN(Cc3ccco3)C(=S)Nc3ccc(C)cc3)c(=O)[nH]c2c1. The number of hydrogen-bond donors (Lipinski definition) is 2. The third-order valence-corrected chi connectivity index (χ3v) is 5.37. The van der Waals surface area contributed by atoms with E-state index in [0.717, 1.165) is 22.4 Å². The molecule has 0 fully saturated rings. The molecule has 0 atom stereocenters. The fourth-order valence-electron chi connectivity index (χ4n) is 3.30. The predicted octanol–water partition coefficient (Wildman–Crippen LogP) is 4.84. The van der Waals surface area contributed by atoms with E-state index in [1.54, 1.807) is 13.4 Å². The van der Waals surface area contributed by atoms with Crippen LogP contribution < -0.4 is 15.6 Å². The van der Waals surface area contributed by atoms with Gasteiger partial charge in [0.15, 0.2) is 5.11 Å². The molecule has 0 saturated carbocycles. The summed E-state index contributed by atoms with van der Waals surface area (Å²) in [5, 5.41) is 4.69. The summed E-state index contributed by atoms with van der Waals surface area (Å²) in [6.45, 7) is 2.80. The quantitative estimate of drug-likeness (QED) is 0.424. The van der Waals surface area contributed by atoms with E-state index in [1.807, 2.05) is 72.5 Å². The Labute approximate surface area is 185 Å².